The Morgan fingerprint density at radius 2 is 2.53 bits per heavy atom. The Hall–Kier alpha value is -0.870. The molecule has 1 aliphatic rings. The van der Waals surface area contributed by atoms with Crippen LogP contribution in [-0.4, -0.2) is 33.7 Å². The summed E-state index contributed by atoms with van der Waals surface area (Å²) in [5, 5.41) is 6.99. The van der Waals surface area contributed by atoms with Gasteiger partial charge in [0.2, 0.25) is 0 Å². The quantitative estimate of drug-likeness (QED) is 0.782. The lowest BCUT2D eigenvalue weighted by molar-refractivity contribution is 0.121. The van der Waals surface area contributed by atoms with Gasteiger partial charge in [-0.1, -0.05) is 6.42 Å². The second kappa shape index (κ2) is 4.77. The highest BCUT2D eigenvalue weighted by Gasteiger charge is 2.25. The number of aromatic nitrogens is 2. The maximum Gasteiger partial charge on any atom is 0.0492 e. The van der Waals surface area contributed by atoms with Gasteiger partial charge in [-0.05, 0) is 32.4 Å². The fraction of sp³-hybridized carbons (Fsp3) is 0.727. The molecule has 1 aromatic rings. The zero-order valence-corrected chi connectivity index (χ0v) is 9.32. The second-order valence-electron chi connectivity index (χ2n) is 4.47. The van der Waals surface area contributed by atoms with E-state index in [1.165, 1.54) is 25.0 Å². The zero-order chi connectivity index (χ0) is 10.7. The van der Waals surface area contributed by atoms with E-state index in [1.54, 1.807) is 6.20 Å². The van der Waals surface area contributed by atoms with Gasteiger partial charge in [0.05, 0.1) is 0 Å². The minimum absolute atomic E-state index is 0.258. The lowest BCUT2D eigenvalue weighted by atomic mass is 9.97. The van der Waals surface area contributed by atoms with E-state index in [2.05, 4.69) is 22.0 Å². The number of nitrogens with two attached hydrogens (primary N) is 1. The topological polar surface area (TPSA) is 57.9 Å². The molecule has 0 aromatic carbocycles. The summed E-state index contributed by atoms with van der Waals surface area (Å²) >= 11 is 0. The molecule has 2 rings (SSSR count). The van der Waals surface area contributed by atoms with Crippen molar-refractivity contribution in [1.82, 2.24) is 15.1 Å². The molecule has 1 aliphatic heterocycles. The molecule has 2 heterocycles. The number of aromatic amines is 1. The van der Waals surface area contributed by atoms with E-state index < -0.39 is 0 Å². The number of H-pyrrole nitrogens is 1. The average Bonchev–Trinajstić information content (AvgIpc) is 2.71. The minimum Gasteiger partial charge on any atom is -0.327 e. The van der Waals surface area contributed by atoms with E-state index in [1.807, 2.05) is 6.07 Å². The first-order valence-corrected chi connectivity index (χ1v) is 5.75. The lowest BCUT2D eigenvalue weighted by Crippen LogP contribution is -2.48. The van der Waals surface area contributed by atoms with E-state index in [0.717, 1.165) is 13.1 Å². The molecule has 1 fully saturated rings. The Kier molecular flexibility index (Phi) is 3.38. The minimum atomic E-state index is 0.258. The highest BCUT2D eigenvalue weighted by Crippen LogP contribution is 2.20. The average molecular weight is 208 g/mol. The normalized spacial score (nSPS) is 25.3. The summed E-state index contributed by atoms with van der Waals surface area (Å²) in [5.41, 5.74) is 7.20. The molecule has 0 amide bonds. The summed E-state index contributed by atoms with van der Waals surface area (Å²) in [6.45, 7) is 4.22. The SMILES string of the molecule is CC(N)C1CCCCN1Cc1ccn[nH]1. The van der Waals surface area contributed by atoms with Gasteiger partial charge in [-0.15, -0.1) is 0 Å². The smallest absolute Gasteiger partial charge is 0.0492 e. The van der Waals surface area contributed by atoms with Crippen LogP contribution in [0.5, 0.6) is 0 Å². The molecule has 84 valence electrons. The van der Waals surface area contributed by atoms with Crippen molar-refractivity contribution in [3.8, 4) is 0 Å². The number of nitrogens with zero attached hydrogens (tertiary/aromatic N) is 2. The number of nitrogens with one attached hydrogen (secondary N) is 1. The molecule has 2 unspecified atom stereocenters. The predicted octanol–water partition coefficient (Wildman–Crippen LogP) is 1.11. The van der Waals surface area contributed by atoms with E-state index in [9.17, 15) is 0 Å². The summed E-state index contributed by atoms with van der Waals surface area (Å²) in [5.74, 6) is 0. The van der Waals surface area contributed by atoms with Crippen molar-refractivity contribution >= 4 is 0 Å². The number of likely N-dealkylation sites (tertiary alicyclic amines) is 1. The van der Waals surface area contributed by atoms with Crippen molar-refractivity contribution in [1.29, 1.82) is 0 Å². The Balaban J connectivity index is 1.99. The first-order chi connectivity index (χ1) is 7.27. The van der Waals surface area contributed by atoms with Crippen molar-refractivity contribution in [2.45, 2.75) is 44.8 Å². The van der Waals surface area contributed by atoms with Crippen LogP contribution in [0.4, 0.5) is 0 Å². The number of hydrogen-bond acceptors (Lipinski definition) is 3. The van der Waals surface area contributed by atoms with Crippen LogP contribution < -0.4 is 5.73 Å². The number of piperidine rings is 1. The lowest BCUT2D eigenvalue weighted by Gasteiger charge is -2.37. The summed E-state index contributed by atoms with van der Waals surface area (Å²) in [7, 11) is 0. The molecule has 1 aromatic heterocycles. The maximum atomic E-state index is 6.02. The second-order valence-corrected chi connectivity index (χ2v) is 4.47. The molecule has 4 nitrogen and oxygen atoms in total. The summed E-state index contributed by atoms with van der Waals surface area (Å²) in [4.78, 5) is 2.47. The van der Waals surface area contributed by atoms with Gasteiger partial charge >= 0.3 is 0 Å². The van der Waals surface area contributed by atoms with Gasteiger partial charge in [0.15, 0.2) is 0 Å². The summed E-state index contributed by atoms with van der Waals surface area (Å²) in [6.07, 6.45) is 5.63. The Labute approximate surface area is 90.8 Å². The molecule has 0 spiro atoms. The van der Waals surface area contributed by atoms with Gasteiger partial charge in [0, 0.05) is 30.5 Å². The van der Waals surface area contributed by atoms with Gasteiger partial charge < -0.3 is 5.73 Å². The van der Waals surface area contributed by atoms with Crippen molar-refractivity contribution < 1.29 is 0 Å². The highest BCUT2D eigenvalue weighted by atomic mass is 15.2. The molecule has 4 heteroatoms. The third-order valence-electron chi connectivity index (χ3n) is 3.20. The van der Waals surface area contributed by atoms with Crippen LogP contribution in [0.3, 0.4) is 0 Å². The van der Waals surface area contributed by atoms with Crippen LogP contribution in [0, 0.1) is 0 Å². The third kappa shape index (κ3) is 2.58. The fourth-order valence-corrected chi connectivity index (χ4v) is 2.40. The molecule has 0 saturated carbocycles. The van der Waals surface area contributed by atoms with Crippen molar-refractivity contribution in [3.63, 3.8) is 0 Å². The molecular formula is C11H20N4. The molecule has 0 bridgehead atoms. The predicted molar refractivity (Wildman–Crippen MR) is 60.3 cm³/mol. The van der Waals surface area contributed by atoms with Crippen LogP contribution in [0.1, 0.15) is 31.9 Å². The van der Waals surface area contributed by atoms with E-state index >= 15 is 0 Å². The van der Waals surface area contributed by atoms with E-state index in [0.29, 0.717) is 6.04 Å². The standard InChI is InChI=1S/C11H20N4/c1-9(12)11-4-2-3-7-15(11)8-10-5-6-13-14-10/h5-6,9,11H,2-4,7-8,12H2,1H3,(H,13,14). The first kappa shape index (κ1) is 10.6. The number of rotatable bonds is 3. The van der Waals surface area contributed by atoms with Crippen LogP contribution in [0.2, 0.25) is 0 Å². The molecule has 2 atom stereocenters. The molecule has 0 radical (unpaired) electrons. The fourth-order valence-electron chi connectivity index (χ4n) is 2.40. The van der Waals surface area contributed by atoms with E-state index in [4.69, 9.17) is 5.73 Å². The first-order valence-electron chi connectivity index (χ1n) is 5.75. The van der Waals surface area contributed by atoms with Gasteiger partial charge in [0.1, 0.15) is 0 Å². The van der Waals surface area contributed by atoms with Crippen molar-refractivity contribution in [2.24, 2.45) is 5.73 Å². The van der Waals surface area contributed by atoms with Crippen LogP contribution in [0.15, 0.2) is 12.3 Å². The summed E-state index contributed by atoms with van der Waals surface area (Å²) in [6, 6.07) is 2.82. The van der Waals surface area contributed by atoms with Crippen molar-refractivity contribution in [3.05, 3.63) is 18.0 Å². The van der Waals surface area contributed by atoms with E-state index in [-0.39, 0.29) is 6.04 Å². The van der Waals surface area contributed by atoms with Crippen LogP contribution in [-0.2, 0) is 6.54 Å². The monoisotopic (exact) mass is 208 g/mol. The Morgan fingerprint density at radius 1 is 1.67 bits per heavy atom. The summed E-state index contributed by atoms with van der Waals surface area (Å²) < 4.78 is 0. The maximum absolute atomic E-state index is 6.02. The molecule has 3 N–H and O–H groups in total. The largest absolute Gasteiger partial charge is 0.327 e. The highest BCUT2D eigenvalue weighted by molar-refractivity contribution is 4.98. The third-order valence-corrected chi connectivity index (χ3v) is 3.20. The van der Waals surface area contributed by atoms with Crippen LogP contribution >= 0.6 is 0 Å². The molecule has 1 saturated heterocycles. The number of hydrogen-bond donors (Lipinski definition) is 2. The Bertz CT molecular complexity index is 281. The Morgan fingerprint density at radius 3 is 3.20 bits per heavy atom. The van der Waals surface area contributed by atoms with Gasteiger partial charge in [-0.3, -0.25) is 10.00 Å². The van der Waals surface area contributed by atoms with Gasteiger partial charge in [0.25, 0.3) is 0 Å². The molecule has 15 heavy (non-hydrogen) atoms. The zero-order valence-electron chi connectivity index (χ0n) is 9.32. The van der Waals surface area contributed by atoms with Gasteiger partial charge in [-0.2, -0.15) is 5.10 Å². The molecule has 0 aliphatic carbocycles. The molecular weight excluding hydrogens is 188 g/mol. The van der Waals surface area contributed by atoms with Crippen LogP contribution in [0.25, 0.3) is 0 Å². The van der Waals surface area contributed by atoms with Gasteiger partial charge in [-0.25, -0.2) is 0 Å². The van der Waals surface area contributed by atoms with Crippen molar-refractivity contribution in [2.75, 3.05) is 6.54 Å².